The van der Waals surface area contributed by atoms with Gasteiger partial charge in [-0.15, -0.1) is 0 Å². The summed E-state index contributed by atoms with van der Waals surface area (Å²) in [5.41, 5.74) is 14.7. The van der Waals surface area contributed by atoms with Gasteiger partial charge in [0.05, 0.1) is 22.4 Å². The third-order valence-electron chi connectivity index (χ3n) is 5.28. The van der Waals surface area contributed by atoms with Crippen molar-refractivity contribution in [2.45, 2.75) is 66.5 Å². The quantitative estimate of drug-likeness (QED) is 0.682. The number of nitrogens with two attached hydrogens (primary N) is 1. The van der Waals surface area contributed by atoms with E-state index < -0.39 is 0 Å². The SMILES string of the molecule is CCC(C)n1cc(C)c2nc(-c3ccc(C(C)C)nc3CN)c(C)cc21. The van der Waals surface area contributed by atoms with Crippen molar-refractivity contribution >= 4 is 11.0 Å². The van der Waals surface area contributed by atoms with Gasteiger partial charge in [0.15, 0.2) is 0 Å². The van der Waals surface area contributed by atoms with Crippen LogP contribution in [0.5, 0.6) is 0 Å². The van der Waals surface area contributed by atoms with Crippen molar-refractivity contribution in [2.75, 3.05) is 0 Å². The first-order valence-electron chi connectivity index (χ1n) is 9.56. The van der Waals surface area contributed by atoms with Crippen molar-refractivity contribution in [3.8, 4) is 11.3 Å². The molecule has 0 aliphatic carbocycles. The molecule has 0 fully saturated rings. The molecule has 2 N–H and O–H groups in total. The second-order valence-electron chi connectivity index (χ2n) is 7.59. The fraction of sp³-hybridized carbons (Fsp3) is 0.455. The average molecular weight is 351 g/mol. The van der Waals surface area contributed by atoms with E-state index in [2.05, 4.69) is 70.5 Å². The van der Waals surface area contributed by atoms with Crippen molar-refractivity contribution in [3.05, 3.63) is 46.9 Å². The van der Waals surface area contributed by atoms with Crippen LogP contribution in [0.2, 0.25) is 0 Å². The molecule has 3 aromatic rings. The summed E-state index contributed by atoms with van der Waals surface area (Å²) in [5.74, 6) is 0.387. The predicted octanol–water partition coefficient (Wildman–Crippen LogP) is 5.27. The Morgan fingerprint density at radius 1 is 1.08 bits per heavy atom. The summed E-state index contributed by atoms with van der Waals surface area (Å²) >= 11 is 0. The van der Waals surface area contributed by atoms with E-state index in [9.17, 15) is 0 Å². The third kappa shape index (κ3) is 3.14. The number of aryl methyl sites for hydroxylation is 2. The molecule has 3 aromatic heterocycles. The number of aromatic nitrogens is 3. The van der Waals surface area contributed by atoms with Crippen LogP contribution in [-0.2, 0) is 6.54 Å². The Bertz CT molecular complexity index is 937. The molecule has 4 heteroatoms. The van der Waals surface area contributed by atoms with Gasteiger partial charge in [-0.2, -0.15) is 0 Å². The number of hydrogen-bond acceptors (Lipinski definition) is 3. The van der Waals surface area contributed by atoms with Gasteiger partial charge in [0.2, 0.25) is 0 Å². The highest BCUT2D eigenvalue weighted by Gasteiger charge is 2.17. The molecule has 3 heterocycles. The maximum Gasteiger partial charge on any atom is 0.0917 e. The predicted molar refractivity (Wildman–Crippen MR) is 109 cm³/mol. The topological polar surface area (TPSA) is 56.7 Å². The molecule has 0 aliphatic rings. The zero-order valence-electron chi connectivity index (χ0n) is 16.8. The average Bonchev–Trinajstić information content (AvgIpc) is 2.95. The van der Waals surface area contributed by atoms with Crippen molar-refractivity contribution < 1.29 is 0 Å². The molecule has 3 rings (SSSR count). The zero-order valence-corrected chi connectivity index (χ0v) is 16.8. The summed E-state index contributed by atoms with van der Waals surface area (Å²) < 4.78 is 2.35. The van der Waals surface area contributed by atoms with E-state index in [1.807, 2.05) is 0 Å². The Hall–Kier alpha value is -2.20. The van der Waals surface area contributed by atoms with Crippen LogP contribution < -0.4 is 5.73 Å². The maximum absolute atomic E-state index is 6.02. The monoisotopic (exact) mass is 350 g/mol. The molecule has 1 atom stereocenters. The highest BCUT2D eigenvalue weighted by atomic mass is 15.0. The molecule has 0 bridgehead atoms. The van der Waals surface area contributed by atoms with Crippen LogP contribution in [0.15, 0.2) is 24.4 Å². The largest absolute Gasteiger partial charge is 0.343 e. The second-order valence-corrected chi connectivity index (χ2v) is 7.59. The van der Waals surface area contributed by atoms with Crippen LogP contribution >= 0.6 is 0 Å². The van der Waals surface area contributed by atoms with E-state index >= 15 is 0 Å². The summed E-state index contributed by atoms with van der Waals surface area (Å²) in [5, 5.41) is 0. The molecule has 138 valence electrons. The van der Waals surface area contributed by atoms with Gasteiger partial charge in [-0.1, -0.05) is 20.8 Å². The lowest BCUT2D eigenvalue weighted by atomic mass is 10.0. The minimum Gasteiger partial charge on any atom is -0.343 e. The maximum atomic E-state index is 6.02. The fourth-order valence-corrected chi connectivity index (χ4v) is 3.47. The molecule has 0 amide bonds. The Morgan fingerprint density at radius 2 is 1.81 bits per heavy atom. The number of rotatable bonds is 5. The molecule has 0 saturated carbocycles. The molecule has 0 aliphatic heterocycles. The molecule has 0 radical (unpaired) electrons. The van der Waals surface area contributed by atoms with Crippen LogP contribution in [-0.4, -0.2) is 14.5 Å². The summed E-state index contributed by atoms with van der Waals surface area (Å²) in [6.07, 6.45) is 3.32. The van der Waals surface area contributed by atoms with Gasteiger partial charge >= 0.3 is 0 Å². The van der Waals surface area contributed by atoms with Gasteiger partial charge in [0.1, 0.15) is 0 Å². The standard InChI is InChI=1S/C22H30N4/c1-7-16(6)26-12-15(5)22-20(26)10-14(4)21(25-22)17-8-9-18(13(2)3)24-19(17)11-23/h8-10,12-13,16H,7,11,23H2,1-6H3. The van der Waals surface area contributed by atoms with E-state index in [0.717, 1.165) is 40.1 Å². The first-order chi connectivity index (χ1) is 12.4. The Kier molecular flexibility index (Phi) is 5.15. The first kappa shape index (κ1) is 18.6. The van der Waals surface area contributed by atoms with Gasteiger partial charge < -0.3 is 10.3 Å². The van der Waals surface area contributed by atoms with E-state index in [4.69, 9.17) is 15.7 Å². The van der Waals surface area contributed by atoms with E-state index in [1.165, 1.54) is 11.1 Å². The smallest absolute Gasteiger partial charge is 0.0917 e. The lowest BCUT2D eigenvalue weighted by Gasteiger charge is -2.15. The van der Waals surface area contributed by atoms with Crippen molar-refractivity contribution in [3.63, 3.8) is 0 Å². The lowest BCUT2D eigenvalue weighted by molar-refractivity contribution is 0.547. The molecular weight excluding hydrogens is 320 g/mol. The molecule has 0 spiro atoms. The molecule has 4 nitrogen and oxygen atoms in total. The highest BCUT2D eigenvalue weighted by Crippen LogP contribution is 2.31. The van der Waals surface area contributed by atoms with Crippen molar-refractivity contribution in [2.24, 2.45) is 5.73 Å². The van der Waals surface area contributed by atoms with Crippen LogP contribution in [0, 0.1) is 13.8 Å². The van der Waals surface area contributed by atoms with E-state index in [-0.39, 0.29) is 0 Å². The first-order valence-corrected chi connectivity index (χ1v) is 9.56. The highest BCUT2D eigenvalue weighted by molar-refractivity contribution is 5.84. The Morgan fingerprint density at radius 3 is 2.42 bits per heavy atom. The number of pyridine rings is 2. The van der Waals surface area contributed by atoms with Crippen molar-refractivity contribution in [1.82, 2.24) is 14.5 Å². The van der Waals surface area contributed by atoms with Gasteiger partial charge in [-0.25, -0.2) is 4.98 Å². The third-order valence-corrected chi connectivity index (χ3v) is 5.28. The minimum absolute atomic E-state index is 0.387. The summed E-state index contributed by atoms with van der Waals surface area (Å²) in [6, 6.07) is 6.95. The molecule has 0 aromatic carbocycles. The molecule has 0 saturated heterocycles. The van der Waals surface area contributed by atoms with Gasteiger partial charge in [-0.3, -0.25) is 4.98 Å². The molecule has 26 heavy (non-hydrogen) atoms. The number of fused-ring (bicyclic) bond motifs is 1. The number of hydrogen-bond donors (Lipinski definition) is 1. The van der Waals surface area contributed by atoms with Gasteiger partial charge in [0.25, 0.3) is 0 Å². The Balaban J connectivity index is 2.21. The van der Waals surface area contributed by atoms with Crippen molar-refractivity contribution in [1.29, 1.82) is 0 Å². The number of nitrogens with zero attached hydrogens (tertiary/aromatic N) is 3. The van der Waals surface area contributed by atoms with Gasteiger partial charge in [-0.05, 0) is 62.4 Å². The van der Waals surface area contributed by atoms with E-state index in [0.29, 0.717) is 18.5 Å². The molecule has 1 unspecified atom stereocenters. The van der Waals surface area contributed by atoms with Crippen LogP contribution in [0.25, 0.3) is 22.3 Å². The second kappa shape index (κ2) is 7.20. The van der Waals surface area contributed by atoms with Crippen LogP contribution in [0.4, 0.5) is 0 Å². The fourth-order valence-electron chi connectivity index (χ4n) is 3.47. The summed E-state index contributed by atoms with van der Waals surface area (Å²) in [7, 11) is 0. The minimum atomic E-state index is 0.387. The van der Waals surface area contributed by atoms with Gasteiger partial charge in [0, 0.05) is 30.0 Å². The Labute approximate surface area is 156 Å². The normalized spacial score (nSPS) is 12.9. The molecular formula is C22H30N4. The summed E-state index contributed by atoms with van der Waals surface area (Å²) in [6.45, 7) is 13.5. The summed E-state index contributed by atoms with van der Waals surface area (Å²) in [4.78, 5) is 9.84. The zero-order chi connectivity index (χ0) is 19.0. The lowest BCUT2D eigenvalue weighted by Crippen LogP contribution is -2.07. The van der Waals surface area contributed by atoms with Crippen LogP contribution in [0.3, 0.4) is 0 Å². The van der Waals surface area contributed by atoms with Crippen LogP contribution in [0.1, 0.15) is 68.6 Å². The van der Waals surface area contributed by atoms with E-state index in [1.54, 1.807) is 0 Å².